The van der Waals surface area contributed by atoms with Crippen LogP contribution in [-0.2, 0) is 6.54 Å². The predicted molar refractivity (Wildman–Crippen MR) is 78.2 cm³/mol. The summed E-state index contributed by atoms with van der Waals surface area (Å²) in [4.78, 5) is 4.27. The SMILES string of the molecule is Cc1ccc(-c2ocnc2CNCC(C)C)c(Cl)c1. The molecule has 0 radical (unpaired) electrons. The van der Waals surface area contributed by atoms with Crippen LogP contribution in [0, 0.1) is 12.8 Å². The van der Waals surface area contributed by atoms with Crippen molar-refractivity contribution < 1.29 is 4.42 Å². The van der Waals surface area contributed by atoms with Gasteiger partial charge < -0.3 is 9.73 Å². The average Bonchev–Trinajstić information content (AvgIpc) is 2.77. The lowest BCUT2D eigenvalue weighted by Gasteiger charge is -2.07. The number of hydrogen-bond donors (Lipinski definition) is 1. The molecule has 0 amide bonds. The summed E-state index contributed by atoms with van der Waals surface area (Å²) >= 11 is 6.27. The summed E-state index contributed by atoms with van der Waals surface area (Å²) in [6, 6.07) is 5.93. The molecule has 0 bridgehead atoms. The zero-order valence-corrected chi connectivity index (χ0v) is 12.3. The van der Waals surface area contributed by atoms with Crippen LogP contribution in [-0.4, -0.2) is 11.5 Å². The highest BCUT2D eigenvalue weighted by molar-refractivity contribution is 6.33. The van der Waals surface area contributed by atoms with Gasteiger partial charge in [0.15, 0.2) is 12.2 Å². The van der Waals surface area contributed by atoms with E-state index in [1.54, 1.807) is 0 Å². The van der Waals surface area contributed by atoms with Crippen LogP contribution in [0.3, 0.4) is 0 Å². The van der Waals surface area contributed by atoms with Gasteiger partial charge >= 0.3 is 0 Å². The Morgan fingerprint density at radius 1 is 1.37 bits per heavy atom. The number of aryl methyl sites for hydroxylation is 1. The van der Waals surface area contributed by atoms with Crippen LogP contribution in [0.4, 0.5) is 0 Å². The molecule has 1 aromatic carbocycles. The van der Waals surface area contributed by atoms with Crippen LogP contribution in [0.25, 0.3) is 11.3 Å². The Bertz CT molecular complexity index is 549. The normalized spacial score (nSPS) is 11.2. The molecule has 0 saturated carbocycles. The number of aromatic nitrogens is 1. The van der Waals surface area contributed by atoms with Crippen LogP contribution in [0.15, 0.2) is 29.0 Å². The number of hydrogen-bond acceptors (Lipinski definition) is 3. The first kappa shape index (κ1) is 14.1. The fraction of sp³-hybridized carbons (Fsp3) is 0.400. The van der Waals surface area contributed by atoms with Gasteiger partial charge in [0, 0.05) is 12.1 Å². The highest BCUT2D eigenvalue weighted by Crippen LogP contribution is 2.30. The Balaban J connectivity index is 2.19. The van der Waals surface area contributed by atoms with Crippen molar-refractivity contribution in [1.82, 2.24) is 10.3 Å². The van der Waals surface area contributed by atoms with Crippen molar-refractivity contribution in [3.05, 3.63) is 40.9 Å². The van der Waals surface area contributed by atoms with Gasteiger partial charge in [-0.1, -0.05) is 31.5 Å². The van der Waals surface area contributed by atoms with E-state index in [2.05, 4.69) is 24.1 Å². The third kappa shape index (κ3) is 3.58. The van der Waals surface area contributed by atoms with E-state index in [1.807, 2.05) is 25.1 Å². The highest BCUT2D eigenvalue weighted by atomic mass is 35.5. The van der Waals surface area contributed by atoms with E-state index in [0.29, 0.717) is 17.5 Å². The minimum Gasteiger partial charge on any atom is -0.443 e. The maximum absolute atomic E-state index is 6.27. The maximum Gasteiger partial charge on any atom is 0.181 e. The summed E-state index contributed by atoms with van der Waals surface area (Å²) < 4.78 is 5.49. The van der Waals surface area contributed by atoms with E-state index in [-0.39, 0.29) is 0 Å². The van der Waals surface area contributed by atoms with Crippen molar-refractivity contribution in [2.45, 2.75) is 27.3 Å². The van der Waals surface area contributed by atoms with Gasteiger partial charge in [-0.25, -0.2) is 4.98 Å². The maximum atomic E-state index is 6.27. The second-order valence-corrected chi connectivity index (χ2v) is 5.54. The van der Waals surface area contributed by atoms with Gasteiger partial charge in [0.25, 0.3) is 0 Å². The Morgan fingerprint density at radius 3 is 2.84 bits per heavy atom. The zero-order valence-electron chi connectivity index (χ0n) is 11.5. The summed E-state index contributed by atoms with van der Waals surface area (Å²) in [5.74, 6) is 1.36. The smallest absolute Gasteiger partial charge is 0.181 e. The Kier molecular flexibility index (Phi) is 4.61. The van der Waals surface area contributed by atoms with Gasteiger partial charge in [-0.2, -0.15) is 0 Å². The quantitative estimate of drug-likeness (QED) is 0.897. The van der Waals surface area contributed by atoms with E-state index in [4.69, 9.17) is 16.0 Å². The molecule has 1 N–H and O–H groups in total. The molecule has 0 aliphatic rings. The van der Waals surface area contributed by atoms with Gasteiger partial charge in [0.1, 0.15) is 5.69 Å². The number of oxazole rings is 1. The molecule has 1 heterocycles. The first-order chi connectivity index (χ1) is 9.08. The molecule has 4 heteroatoms. The van der Waals surface area contributed by atoms with Crippen molar-refractivity contribution in [2.75, 3.05) is 6.54 Å². The van der Waals surface area contributed by atoms with Crippen LogP contribution in [0.5, 0.6) is 0 Å². The fourth-order valence-corrected chi connectivity index (χ4v) is 2.22. The number of benzene rings is 1. The second kappa shape index (κ2) is 6.22. The van der Waals surface area contributed by atoms with Gasteiger partial charge in [0.05, 0.1) is 5.02 Å². The second-order valence-electron chi connectivity index (χ2n) is 5.14. The standard InChI is InChI=1S/C15H19ClN2O/c1-10(2)7-17-8-14-15(19-9-18-14)12-5-4-11(3)6-13(12)16/h4-6,9-10,17H,7-8H2,1-3H3. The third-order valence-electron chi connectivity index (χ3n) is 2.86. The van der Waals surface area contributed by atoms with Crippen LogP contribution >= 0.6 is 11.6 Å². The van der Waals surface area contributed by atoms with Crippen LogP contribution in [0.1, 0.15) is 25.1 Å². The van der Waals surface area contributed by atoms with Gasteiger partial charge in [-0.05, 0) is 37.1 Å². The lowest BCUT2D eigenvalue weighted by atomic mass is 10.1. The first-order valence-corrected chi connectivity index (χ1v) is 6.85. The Labute approximate surface area is 119 Å². The highest BCUT2D eigenvalue weighted by Gasteiger charge is 2.13. The zero-order chi connectivity index (χ0) is 13.8. The summed E-state index contributed by atoms with van der Waals surface area (Å²) in [5.41, 5.74) is 2.92. The number of rotatable bonds is 5. The average molecular weight is 279 g/mol. The van der Waals surface area contributed by atoms with E-state index in [9.17, 15) is 0 Å². The molecule has 1 aromatic heterocycles. The molecule has 0 fully saturated rings. The van der Waals surface area contributed by atoms with E-state index in [0.717, 1.165) is 29.1 Å². The molecule has 19 heavy (non-hydrogen) atoms. The molecular weight excluding hydrogens is 260 g/mol. The lowest BCUT2D eigenvalue weighted by molar-refractivity contribution is 0.545. The molecule has 0 unspecified atom stereocenters. The van der Waals surface area contributed by atoms with Crippen LogP contribution in [0.2, 0.25) is 5.02 Å². The van der Waals surface area contributed by atoms with Crippen LogP contribution < -0.4 is 5.32 Å². The van der Waals surface area contributed by atoms with Gasteiger partial charge in [-0.3, -0.25) is 0 Å². The molecule has 0 saturated heterocycles. The molecule has 0 aliphatic carbocycles. The minimum absolute atomic E-state index is 0.610. The molecule has 0 spiro atoms. The van der Waals surface area contributed by atoms with Crippen molar-refractivity contribution in [3.63, 3.8) is 0 Å². The molecule has 0 atom stereocenters. The van der Waals surface area contributed by atoms with E-state index < -0.39 is 0 Å². The molecule has 0 aliphatic heterocycles. The fourth-order valence-electron chi connectivity index (χ4n) is 1.90. The molecular formula is C15H19ClN2O. The van der Waals surface area contributed by atoms with E-state index >= 15 is 0 Å². The Morgan fingerprint density at radius 2 is 2.16 bits per heavy atom. The largest absolute Gasteiger partial charge is 0.443 e. The Hall–Kier alpha value is -1.32. The predicted octanol–water partition coefficient (Wildman–Crippen LogP) is 4.05. The number of halogens is 1. The van der Waals surface area contributed by atoms with Gasteiger partial charge in [0.2, 0.25) is 0 Å². The topological polar surface area (TPSA) is 38.1 Å². The van der Waals surface area contributed by atoms with Crippen molar-refractivity contribution in [2.24, 2.45) is 5.92 Å². The summed E-state index contributed by atoms with van der Waals surface area (Å²) in [5, 5.41) is 4.06. The summed E-state index contributed by atoms with van der Waals surface area (Å²) in [6.07, 6.45) is 1.47. The first-order valence-electron chi connectivity index (χ1n) is 6.47. The summed E-state index contributed by atoms with van der Waals surface area (Å²) in [6.45, 7) is 8.00. The molecule has 102 valence electrons. The molecule has 3 nitrogen and oxygen atoms in total. The van der Waals surface area contributed by atoms with Crippen molar-refractivity contribution in [3.8, 4) is 11.3 Å². The molecule has 2 rings (SSSR count). The minimum atomic E-state index is 0.610. The third-order valence-corrected chi connectivity index (χ3v) is 3.17. The van der Waals surface area contributed by atoms with Crippen molar-refractivity contribution >= 4 is 11.6 Å². The van der Waals surface area contributed by atoms with E-state index in [1.165, 1.54) is 6.39 Å². The number of nitrogens with one attached hydrogen (secondary N) is 1. The number of nitrogens with zero attached hydrogens (tertiary/aromatic N) is 1. The van der Waals surface area contributed by atoms with Crippen molar-refractivity contribution in [1.29, 1.82) is 0 Å². The lowest BCUT2D eigenvalue weighted by Crippen LogP contribution is -2.19. The summed E-state index contributed by atoms with van der Waals surface area (Å²) in [7, 11) is 0. The van der Waals surface area contributed by atoms with Gasteiger partial charge in [-0.15, -0.1) is 0 Å². The monoisotopic (exact) mass is 278 g/mol. The molecule has 2 aromatic rings.